The van der Waals surface area contributed by atoms with Crippen molar-refractivity contribution in [1.29, 1.82) is 0 Å². The second-order valence-corrected chi connectivity index (χ2v) is 6.03. The Hall–Kier alpha value is -1.47. The average molecular weight is 387 g/mol. The molecule has 4 nitrogen and oxygen atoms in total. The molecular weight excluding hydrogens is 371 g/mol. The highest BCUT2D eigenvalue weighted by atomic mass is 79.9. The van der Waals surface area contributed by atoms with Crippen molar-refractivity contribution in [3.05, 3.63) is 45.3 Å². The molecule has 0 aromatic heterocycles. The molecule has 0 saturated carbocycles. The van der Waals surface area contributed by atoms with Gasteiger partial charge in [0.25, 0.3) is 0 Å². The number of allylic oxidation sites excluding steroid dienone is 1. The van der Waals surface area contributed by atoms with Gasteiger partial charge in [-0.25, -0.2) is 9.18 Å². The van der Waals surface area contributed by atoms with Crippen LogP contribution in [-0.2, 0) is 9.53 Å². The summed E-state index contributed by atoms with van der Waals surface area (Å²) >= 11 is 8.52. The summed E-state index contributed by atoms with van der Waals surface area (Å²) in [4.78, 5) is 14.0. The van der Waals surface area contributed by atoms with Crippen LogP contribution in [0.3, 0.4) is 0 Å². The predicted molar refractivity (Wildman–Crippen MR) is 89.7 cm³/mol. The average Bonchev–Trinajstić information content (AvgIpc) is 2.49. The molecular formula is C15H16BrFN2O2S. The number of hydrogen-bond acceptors (Lipinski definition) is 3. The van der Waals surface area contributed by atoms with Crippen LogP contribution in [0.4, 0.5) is 4.39 Å². The van der Waals surface area contributed by atoms with Crippen molar-refractivity contribution >= 4 is 39.2 Å². The highest BCUT2D eigenvalue weighted by molar-refractivity contribution is 9.10. The molecule has 1 atom stereocenters. The zero-order valence-corrected chi connectivity index (χ0v) is 14.8. The number of benzene rings is 1. The Morgan fingerprint density at radius 2 is 2.23 bits per heavy atom. The van der Waals surface area contributed by atoms with Crippen molar-refractivity contribution in [3.63, 3.8) is 0 Å². The van der Waals surface area contributed by atoms with Crippen molar-refractivity contribution in [2.75, 3.05) is 13.7 Å². The smallest absolute Gasteiger partial charge is 0.337 e. The van der Waals surface area contributed by atoms with E-state index in [0.717, 1.165) is 11.3 Å². The molecule has 0 spiro atoms. The van der Waals surface area contributed by atoms with Gasteiger partial charge in [-0.1, -0.05) is 6.07 Å². The number of methoxy groups -OCH3 is 1. The fourth-order valence-electron chi connectivity index (χ4n) is 2.48. The Morgan fingerprint density at radius 1 is 1.55 bits per heavy atom. The molecule has 118 valence electrons. The molecule has 1 aromatic rings. The van der Waals surface area contributed by atoms with Crippen LogP contribution in [0.25, 0.3) is 0 Å². The van der Waals surface area contributed by atoms with Gasteiger partial charge in [0, 0.05) is 12.2 Å². The number of carbonyl (C=O) groups excluding carboxylic acids is 1. The van der Waals surface area contributed by atoms with E-state index < -0.39 is 12.0 Å². The molecule has 0 unspecified atom stereocenters. The first-order valence-corrected chi connectivity index (χ1v) is 7.92. The molecule has 1 aromatic carbocycles. The maximum Gasteiger partial charge on any atom is 0.337 e. The molecule has 7 heteroatoms. The van der Waals surface area contributed by atoms with Crippen LogP contribution in [0.5, 0.6) is 0 Å². The Bertz CT molecular complexity index is 663. The number of rotatable bonds is 3. The second-order valence-electron chi connectivity index (χ2n) is 4.79. The zero-order valence-electron chi connectivity index (χ0n) is 12.4. The largest absolute Gasteiger partial charge is 0.466 e. The molecule has 1 N–H and O–H groups in total. The minimum Gasteiger partial charge on any atom is -0.466 e. The van der Waals surface area contributed by atoms with Gasteiger partial charge in [-0.05, 0) is 59.7 Å². The Labute approximate surface area is 142 Å². The summed E-state index contributed by atoms with van der Waals surface area (Å²) < 4.78 is 18.7. The third-order valence-electron chi connectivity index (χ3n) is 3.59. The molecule has 0 fully saturated rings. The number of ether oxygens (including phenoxy) is 1. The van der Waals surface area contributed by atoms with E-state index in [1.165, 1.54) is 13.2 Å². The lowest BCUT2D eigenvalue weighted by Gasteiger charge is -2.36. The molecule has 0 bridgehead atoms. The first kappa shape index (κ1) is 16.9. The van der Waals surface area contributed by atoms with E-state index >= 15 is 0 Å². The van der Waals surface area contributed by atoms with E-state index in [0.29, 0.717) is 21.7 Å². The number of halogens is 2. The Balaban J connectivity index is 2.57. The highest BCUT2D eigenvalue weighted by Crippen LogP contribution is 2.32. The fourth-order valence-corrected chi connectivity index (χ4v) is 3.26. The standard InChI is InChI=1S/C15H16BrFN2O2S/c1-4-19-8(2)12(14(20)21-3)13(18-15(19)22)9-5-6-11(17)10(16)7-9/h5-7,13H,4H2,1-3H3,(H,18,22)/t13-/m0/s1. The predicted octanol–water partition coefficient (Wildman–Crippen LogP) is 3.29. The first-order valence-electron chi connectivity index (χ1n) is 6.72. The molecule has 22 heavy (non-hydrogen) atoms. The second kappa shape index (κ2) is 6.75. The molecule has 0 aliphatic carbocycles. The van der Waals surface area contributed by atoms with Gasteiger partial charge in [-0.2, -0.15) is 0 Å². The summed E-state index contributed by atoms with van der Waals surface area (Å²) in [5.74, 6) is -0.797. The Kier molecular flexibility index (Phi) is 5.18. The third-order valence-corrected chi connectivity index (χ3v) is 4.54. The van der Waals surface area contributed by atoms with Crippen molar-refractivity contribution in [1.82, 2.24) is 10.2 Å². The molecule has 0 amide bonds. The van der Waals surface area contributed by atoms with E-state index in [1.807, 2.05) is 18.7 Å². The molecule has 2 rings (SSSR count). The van der Waals surface area contributed by atoms with E-state index in [2.05, 4.69) is 21.2 Å². The monoisotopic (exact) mass is 386 g/mol. The van der Waals surface area contributed by atoms with Gasteiger partial charge < -0.3 is 15.0 Å². The number of nitrogens with zero attached hydrogens (tertiary/aromatic N) is 1. The molecule has 1 heterocycles. The van der Waals surface area contributed by atoms with Crippen LogP contribution in [0.1, 0.15) is 25.5 Å². The van der Waals surface area contributed by atoms with E-state index in [9.17, 15) is 9.18 Å². The fraction of sp³-hybridized carbons (Fsp3) is 0.333. The van der Waals surface area contributed by atoms with Gasteiger partial charge in [0.1, 0.15) is 5.82 Å². The van der Waals surface area contributed by atoms with Gasteiger partial charge in [0.2, 0.25) is 0 Å². The van der Waals surface area contributed by atoms with Crippen molar-refractivity contribution in [3.8, 4) is 0 Å². The summed E-state index contributed by atoms with van der Waals surface area (Å²) in [5.41, 5.74) is 1.94. The molecule has 1 aliphatic rings. The minimum absolute atomic E-state index is 0.331. The summed E-state index contributed by atoms with van der Waals surface area (Å²) in [7, 11) is 1.34. The van der Waals surface area contributed by atoms with Crippen molar-refractivity contribution in [2.24, 2.45) is 0 Å². The minimum atomic E-state index is -0.473. The summed E-state index contributed by atoms with van der Waals surface area (Å²) in [6, 6.07) is 4.13. The SMILES string of the molecule is CCN1C(=S)N[C@@H](c2ccc(F)c(Br)c2)C(C(=O)OC)=C1C. The lowest BCUT2D eigenvalue weighted by Crippen LogP contribution is -2.47. The number of nitrogens with one attached hydrogen (secondary N) is 1. The molecule has 0 radical (unpaired) electrons. The van der Waals surface area contributed by atoms with Crippen LogP contribution >= 0.6 is 28.1 Å². The zero-order chi connectivity index (χ0) is 16.4. The summed E-state index contributed by atoms with van der Waals surface area (Å²) in [6.45, 7) is 4.41. The quantitative estimate of drug-likeness (QED) is 0.637. The number of carbonyl (C=O) groups is 1. The maximum absolute atomic E-state index is 13.5. The van der Waals surface area contributed by atoms with E-state index in [4.69, 9.17) is 17.0 Å². The lowest BCUT2D eigenvalue weighted by atomic mass is 9.95. The van der Waals surface area contributed by atoms with Gasteiger partial charge in [0.15, 0.2) is 5.11 Å². The number of esters is 1. The van der Waals surface area contributed by atoms with Crippen LogP contribution in [0.15, 0.2) is 33.9 Å². The van der Waals surface area contributed by atoms with Crippen molar-refractivity contribution in [2.45, 2.75) is 19.9 Å². The van der Waals surface area contributed by atoms with Gasteiger partial charge in [-0.3, -0.25) is 0 Å². The van der Waals surface area contributed by atoms with Crippen LogP contribution in [0.2, 0.25) is 0 Å². The van der Waals surface area contributed by atoms with E-state index in [-0.39, 0.29) is 5.82 Å². The maximum atomic E-state index is 13.5. The summed E-state index contributed by atoms with van der Waals surface area (Å²) in [6.07, 6.45) is 0. The Morgan fingerprint density at radius 3 is 2.77 bits per heavy atom. The van der Waals surface area contributed by atoms with Crippen LogP contribution < -0.4 is 5.32 Å². The normalized spacial score (nSPS) is 18.3. The van der Waals surface area contributed by atoms with Crippen LogP contribution in [0, 0.1) is 5.82 Å². The number of thiocarbonyl (C=S) groups is 1. The number of hydrogen-bond donors (Lipinski definition) is 1. The van der Waals surface area contributed by atoms with Crippen molar-refractivity contribution < 1.29 is 13.9 Å². The van der Waals surface area contributed by atoms with Gasteiger partial charge in [-0.15, -0.1) is 0 Å². The molecule has 0 saturated heterocycles. The highest BCUT2D eigenvalue weighted by Gasteiger charge is 2.34. The lowest BCUT2D eigenvalue weighted by molar-refractivity contribution is -0.136. The molecule has 1 aliphatic heterocycles. The topological polar surface area (TPSA) is 41.6 Å². The van der Waals surface area contributed by atoms with Gasteiger partial charge in [0.05, 0.1) is 23.2 Å². The third kappa shape index (κ3) is 3.01. The van der Waals surface area contributed by atoms with Crippen LogP contribution in [-0.4, -0.2) is 29.6 Å². The first-order chi connectivity index (χ1) is 10.4. The van der Waals surface area contributed by atoms with E-state index in [1.54, 1.807) is 12.1 Å². The van der Waals surface area contributed by atoms with Gasteiger partial charge >= 0.3 is 5.97 Å². The summed E-state index contributed by atoms with van der Waals surface area (Å²) in [5, 5.41) is 3.66.